The maximum absolute atomic E-state index is 10.8. The van der Waals surface area contributed by atoms with Crippen LogP contribution in [0.15, 0.2) is 0 Å². The second kappa shape index (κ2) is 48.4. The summed E-state index contributed by atoms with van der Waals surface area (Å²) >= 11 is 9.23. The van der Waals surface area contributed by atoms with Gasteiger partial charge in [-0.1, -0.05) is 218 Å². The molecule has 0 rings (SSSR count). The summed E-state index contributed by atoms with van der Waals surface area (Å²) in [4.78, 5) is 21.7. The molecule has 0 atom stereocenters. The van der Waals surface area contributed by atoms with Gasteiger partial charge in [0.1, 0.15) is 0 Å². The summed E-state index contributed by atoms with van der Waals surface area (Å²) in [5.41, 5.74) is 0. The van der Waals surface area contributed by atoms with Crippen LogP contribution in [-0.2, 0) is 63.8 Å². The third-order valence-electron chi connectivity index (χ3n) is 8.76. The Morgan fingerprint density at radius 1 is 0.340 bits per heavy atom. The fourth-order valence-electron chi connectivity index (χ4n) is 5.76. The van der Waals surface area contributed by atoms with Crippen LogP contribution in [-0.4, -0.2) is 36.7 Å². The molecule has 276 valence electrons. The average Bonchev–Trinajstić information content (AvgIpc) is 3.07. The van der Waals surface area contributed by atoms with E-state index >= 15 is 0 Å². The number of carbonyl (C=O) groups excluding carboxylic acids is 2. The zero-order valence-corrected chi connectivity index (χ0v) is 36.2. The molecule has 0 unspecified atom stereocenters. The SMILES string of the molecule is CCCCCCCCCCCCCCCCCCOC(=O)C[S-].CCCCCCCCCCCCCCCCCCOC(=O)C[S-].[Zn+2]. The maximum Gasteiger partial charge on any atom is 2.00 e. The molecule has 0 aromatic heterocycles. The Labute approximate surface area is 318 Å². The van der Waals surface area contributed by atoms with Gasteiger partial charge in [-0.2, -0.15) is 0 Å². The molecule has 0 heterocycles. The molecule has 0 fully saturated rings. The molecule has 0 aromatic rings. The Morgan fingerprint density at radius 2 is 0.511 bits per heavy atom. The van der Waals surface area contributed by atoms with Crippen LogP contribution in [0.3, 0.4) is 0 Å². The van der Waals surface area contributed by atoms with Crippen LogP contribution in [0.2, 0.25) is 0 Å². The van der Waals surface area contributed by atoms with Crippen molar-refractivity contribution >= 4 is 37.2 Å². The van der Waals surface area contributed by atoms with Gasteiger partial charge in [0.15, 0.2) is 0 Å². The number of unbranched alkanes of at least 4 members (excludes halogenated alkanes) is 30. The molecule has 7 heteroatoms. The normalized spacial score (nSPS) is 10.6. The molecule has 0 aliphatic heterocycles. The Balaban J connectivity index is -0.000000807. The first-order chi connectivity index (χ1) is 22.6. The Hall–Kier alpha value is 0.263. The molecule has 0 spiro atoms. The third-order valence-corrected chi connectivity index (χ3v) is 9.23. The number of carbonyl (C=O) groups is 2. The first-order valence-electron chi connectivity index (χ1n) is 20.1. The van der Waals surface area contributed by atoms with Crippen molar-refractivity contribution in [2.75, 3.05) is 24.7 Å². The van der Waals surface area contributed by atoms with Crippen LogP contribution in [0.25, 0.3) is 0 Å². The van der Waals surface area contributed by atoms with Crippen LogP contribution < -0.4 is 0 Å². The molecule has 0 amide bonds. The van der Waals surface area contributed by atoms with Gasteiger partial charge < -0.3 is 34.7 Å². The van der Waals surface area contributed by atoms with Gasteiger partial charge in [-0.25, -0.2) is 0 Å². The summed E-state index contributed by atoms with van der Waals surface area (Å²) in [6.07, 6.45) is 43.5. The van der Waals surface area contributed by atoms with E-state index in [1.807, 2.05) is 0 Å². The quantitative estimate of drug-likeness (QED) is 0.0275. The first kappa shape index (κ1) is 51.6. The molecule has 47 heavy (non-hydrogen) atoms. The van der Waals surface area contributed by atoms with Crippen LogP contribution in [0, 0.1) is 0 Å². The fourth-order valence-corrected chi connectivity index (χ4v) is 5.92. The zero-order valence-electron chi connectivity index (χ0n) is 31.6. The van der Waals surface area contributed by atoms with Gasteiger partial charge in [-0.15, -0.1) is 0 Å². The summed E-state index contributed by atoms with van der Waals surface area (Å²) in [5, 5.41) is 0. The predicted octanol–water partition coefficient (Wildman–Crippen LogP) is 12.7. The van der Waals surface area contributed by atoms with Gasteiger partial charge >= 0.3 is 19.5 Å². The largest absolute Gasteiger partial charge is 2.00 e. The van der Waals surface area contributed by atoms with Crippen molar-refractivity contribution < 1.29 is 38.5 Å². The van der Waals surface area contributed by atoms with Crippen LogP contribution in [0.5, 0.6) is 0 Å². The van der Waals surface area contributed by atoms with E-state index in [-0.39, 0.29) is 42.9 Å². The molecule has 0 bridgehead atoms. The number of esters is 2. The summed E-state index contributed by atoms with van der Waals surface area (Å²) < 4.78 is 9.93. The summed E-state index contributed by atoms with van der Waals surface area (Å²) in [6.45, 7) is 5.66. The fraction of sp³-hybridized carbons (Fsp3) is 0.950. The standard InChI is InChI=1S/2C20H40O2S.Zn/c2*1-2-3-4-5-6-7-8-9-10-11-12-13-14-15-16-17-18-22-20(21)19-23;/h2*23H,2-19H2,1H3;/q;;+2/p-2. The molecule has 0 saturated heterocycles. The molecular weight excluding hydrogens is 674 g/mol. The number of hydrogen-bond acceptors (Lipinski definition) is 6. The molecule has 0 radical (unpaired) electrons. The summed E-state index contributed by atoms with van der Waals surface area (Å²) in [5.74, 6) is -0.334. The summed E-state index contributed by atoms with van der Waals surface area (Å²) in [7, 11) is 0. The van der Waals surface area contributed by atoms with Crippen molar-refractivity contribution in [1.29, 1.82) is 0 Å². The van der Waals surface area contributed by atoms with E-state index in [9.17, 15) is 9.59 Å². The molecule has 4 nitrogen and oxygen atoms in total. The molecule has 0 aromatic carbocycles. The number of hydrogen-bond donors (Lipinski definition) is 0. The first-order valence-corrected chi connectivity index (χ1v) is 21.2. The number of rotatable bonds is 36. The van der Waals surface area contributed by atoms with Gasteiger partial charge in [0, 0.05) is 0 Å². The van der Waals surface area contributed by atoms with Crippen LogP contribution in [0.4, 0.5) is 0 Å². The van der Waals surface area contributed by atoms with Gasteiger partial charge in [-0.3, -0.25) is 9.59 Å². The Kier molecular flexibility index (Phi) is 53.1. The Bertz CT molecular complexity index is 545. The Morgan fingerprint density at radius 3 is 0.681 bits per heavy atom. The monoisotopic (exact) mass is 750 g/mol. The van der Waals surface area contributed by atoms with Crippen molar-refractivity contribution in [3.05, 3.63) is 0 Å². The average molecular weight is 753 g/mol. The molecular formula is C40H78O4S2Zn. The van der Waals surface area contributed by atoms with E-state index in [4.69, 9.17) is 9.47 Å². The third kappa shape index (κ3) is 50.7. The van der Waals surface area contributed by atoms with Crippen LogP contribution in [0.1, 0.15) is 219 Å². The minimum atomic E-state index is -0.249. The van der Waals surface area contributed by atoms with Crippen LogP contribution >= 0.6 is 0 Å². The zero-order chi connectivity index (χ0) is 34.0. The van der Waals surface area contributed by atoms with Crippen molar-refractivity contribution in [1.82, 2.24) is 0 Å². The summed E-state index contributed by atoms with van der Waals surface area (Å²) in [6, 6.07) is 0. The number of ether oxygens (including phenoxy) is 2. The molecule has 0 aliphatic carbocycles. The maximum atomic E-state index is 10.8. The predicted molar refractivity (Wildman–Crippen MR) is 205 cm³/mol. The van der Waals surface area contributed by atoms with Gasteiger partial charge in [0.25, 0.3) is 11.9 Å². The van der Waals surface area contributed by atoms with E-state index in [1.54, 1.807) is 0 Å². The van der Waals surface area contributed by atoms with E-state index < -0.39 is 0 Å². The van der Waals surface area contributed by atoms with E-state index in [0.29, 0.717) is 13.2 Å². The van der Waals surface area contributed by atoms with Gasteiger partial charge in [0.2, 0.25) is 0 Å². The molecule has 0 saturated carbocycles. The topological polar surface area (TPSA) is 52.6 Å². The second-order valence-corrected chi connectivity index (χ2v) is 13.9. The smallest absolute Gasteiger partial charge is 0.782 e. The minimum Gasteiger partial charge on any atom is -0.782 e. The van der Waals surface area contributed by atoms with Crippen molar-refractivity contribution in [3.63, 3.8) is 0 Å². The van der Waals surface area contributed by atoms with Crippen molar-refractivity contribution in [3.8, 4) is 0 Å². The van der Waals surface area contributed by atoms with Crippen molar-refractivity contribution in [2.45, 2.75) is 219 Å². The second-order valence-electron chi connectivity index (χ2n) is 13.3. The van der Waals surface area contributed by atoms with E-state index in [1.165, 1.54) is 193 Å². The minimum absolute atomic E-state index is 0. The van der Waals surface area contributed by atoms with Crippen molar-refractivity contribution in [2.24, 2.45) is 0 Å². The van der Waals surface area contributed by atoms with E-state index in [0.717, 1.165) is 12.8 Å². The van der Waals surface area contributed by atoms with Gasteiger partial charge in [0.05, 0.1) is 13.2 Å². The van der Waals surface area contributed by atoms with E-state index in [2.05, 4.69) is 39.1 Å². The van der Waals surface area contributed by atoms with Gasteiger partial charge in [-0.05, 0) is 12.8 Å². The molecule has 0 aliphatic rings. The molecule has 0 N–H and O–H groups in total.